The molecule has 3 rings (SSSR count). The van der Waals surface area contributed by atoms with Crippen molar-refractivity contribution in [2.75, 3.05) is 6.54 Å². The third-order valence-corrected chi connectivity index (χ3v) is 5.73. The number of carbonyl (C=O) groups is 2. The fourth-order valence-corrected chi connectivity index (χ4v) is 4.12. The number of benzene rings is 1. The summed E-state index contributed by atoms with van der Waals surface area (Å²) in [5.41, 5.74) is -0.00984. The van der Waals surface area contributed by atoms with Crippen molar-refractivity contribution in [3.63, 3.8) is 0 Å². The maximum absolute atomic E-state index is 14.5. The molecule has 2 unspecified atom stereocenters. The van der Waals surface area contributed by atoms with Gasteiger partial charge in [0, 0.05) is 35.8 Å². The Balaban J connectivity index is 1.85. The van der Waals surface area contributed by atoms with Crippen LogP contribution in [0, 0.1) is 23.1 Å². The lowest BCUT2D eigenvalue weighted by Gasteiger charge is -2.40. The molecule has 0 N–H and O–H groups in total. The highest BCUT2D eigenvalue weighted by Crippen LogP contribution is 2.40. The Morgan fingerprint density at radius 2 is 1.81 bits per heavy atom. The minimum atomic E-state index is -0.665. The van der Waals surface area contributed by atoms with E-state index >= 15 is 0 Å². The van der Waals surface area contributed by atoms with Gasteiger partial charge < -0.3 is 4.90 Å². The first-order valence-electron chi connectivity index (χ1n) is 9.32. The molecule has 0 aromatic heterocycles. The van der Waals surface area contributed by atoms with Crippen LogP contribution in [0.5, 0.6) is 0 Å². The number of Topliss-reactive ketones (excluding diaryl/α,β-unsaturated/α-hetero) is 2. The smallest absolute Gasteiger partial charge is 0.162 e. The molecule has 5 heteroatoms. The van der Waals surface area contributed by atoms with Gasteiger partial charge in [-0.1, -0.05) is 51.2 Å². The third kappa shape index (κ3) is 3.88. The van der Waals surface area contributed by atoms with Crippen molar-refractivity contribution < 1.29 is 14.0 Å². The lowest BCUT2D eigenvalue weighted by Crippen LogP contribution is -2.46. The van der Waals surface area contributed by atoms with Gasteiger partial charge in [-0.15, -0.1) is 0 Å². The van der Waals surface area contributed by atoms with Gasteiger partial charge in [-0.05, 0) is 25.3 Å². The Hall–Kier alpha value is -1.62. The molecule has 2 aliphatic rings. The van der Waals surface area contributed by atoms with Gasteiger partial charge in [-0.3, -0.25) is 9.59 Å². The second kappa shape index (κ2) is 7.18. The number of rotatable bonds is 5. The Bertz CT molecular complexity index is 736. The van der Waals surface area contributed by atoms with Crippen LogP contribution in [0.3, 0.4) is 0 Å². The zero-order valence-corrected chi connectivity index (χ0v) is 16.4. The molecule has 1 saturated carbocycles. The molecule has 0 bridgehead atoms. The molecule has 1 aromatic rings. The molecule has 1 aliphatic carbocycles. The van der Waals surface area contributed by atoms with Gasteiger partial charge in [-0.25, -0.2) is 4.39 Å². The second-order valence-corrected chi connectivity index (χ2v) is 8.96. The first-order valence-corrected chi connectivity index (χ1v) is 9.73. The van der Waals surface area contributed by atoms with Crippen molar-refractivity contribution in [2.45, 2.75) is 52.5 Å². The highest BCUT2D eigenvalue weighted by molar-refractivity contribution is 7.80. The van der Waals surface area contributed by atoms with Crippen LogP contribution in [0.4, 0.5) is 4.39 Å². The quantitative estimate of drug-likeness (QED) is 0.710. The Morgan fingerprint density at radius 1 is 1.15 bits per heavy atom. The molecule has 26 heavy (non-hydrogen) atoms. The average molecular weight is 376 g/mol. The summed E-state index contributed by atoms with van der Waals surface area (Å²) in [6, 6.07) is 5.78. The van der Waals surface area contributed by atoms with Crippen molar-refractivity contribution in [3.8, 4) is 0 Å². The van der Waals surface area contributed by atoms with Gasteiger partial charge >= 0.3 is 0 Å². The Kier molecular flexibility index (Phi) is 5.29. The number of thiocarbonyl (C=S) groups is 1. The number of hydrogen-bond acceptors (Lipinski definition) is 3. The van der Waals surface area contributed by atoms with Crippen LogP contribution in [0.2, 0.25) is 0 Å². The normalized spacial score (nSPS) is 22.2. The number of hydrogen-bond donors (Lipinski definition) is 0. The van der Waals surface area contributed by atoms with E-state index in [0.717, 1.165) is 12.8 Å². The van der Waals surface area contributed by atoms with Crippen LogP contribution in [0.1, 0.15) is 58.1 Å². The molecule has 3 nitrogen and oxygen atoms in total. The van der Waals surface area contributed by atoms with Gasteiger partial charge in [0.2, 0.25) is 0 Å². The topological polar surface area (TPSA) is 37.4 Å². The Labute approximate surface area is 160 Å². The van der Waals surface area contributed by atoms with Crippen molar-refractivity contribution in [1.29, 1.82) is 0 Å². The van der Waals surface area contributed by atoms with E-state index in [4.69, 9.17) is 12.2 Å². The molecule has 0 radical (unpaired) electrons. The van der Waals surface area contributed by atoms with E-state index < -0.39 is 11.5 Å². The van der Waals surface area contributed by atoms with Crippen molar-refractivity contribution in [1.82, 2.24) is 4.90 Å². The molecule has 2 atom stereocenters. The summed E-state index contributed by atoms with van der Waals surface area (Å²) in [6.45, 7) is 6.28. The van der Waals surface area contributed by atoms with Crippen molar-refractivity contribution in [2.24, 2.45) is 17.3 Å². The highest BCUT2D eigenvalue weighted by atomic mass is 32.1. The minimum absolute atomic E-state index is 0.0105. The molecule has 1 aliphatic heterocycles. The van der Waals surface area contributed by atoms with E-state index in [0.29, 0.717) is 29.9 Å². The van der Waals surface area contributed by atoms with Gasteiger partial charge in [0.05, 0.1) is 4.99 Å². The third-order valence-electron chi connectivity index (χ3n) is 5.33. The Morgan fingerprint density at radius 3 is 2.35 bits per heavy atom. The molecule has 0 spiro atoms. The van der Waals surface area contributed by atoms with Crippen LogP contribution < -0.4 is 0 Å². The largest absolute Gasteiger partial charge is 0.352 e. The molecule has 1 saturated heterocycles. The van der Waals surface area contributed by atoms with Crippen LogP contribution >= 0.6 is 12.2 Å². The molecule has 140 valence electrons. The van der Waals surface area contributed by atoms with Crippen LogP contribution in [0.15, 0.2) is 24.3 Å². The monoisotopic (exact) mass is 375 g/mol. The van der Waals surface area contributed by atoms with Gasteiger partial charge in [0.15, 0.2) is 5.78 Å². The van der Waals surface area contributed by atoms with Crippen molar-refractivity contribution >= 4 is 28.8 Å². The number of piperidine rings is 1. The second-order valence-electron chi connectivity index (χ2n) is 8.49. The van der Waals surface area contributed by atoms with Gasteiger partial charge in [0.1, 0.15) is 17.6 Å². The lowest BCUT2D eigenvalue weighted by molar-refractivity contribution is -0.131. The molecular weight excluding hydrogens is 349 g/mol. The number of halogens is 1. The van der Waals surface area contributed by atoms with E-state index in [1.54, 1.807) is 18.2 Å². The van der Waals surface area contributed by atoms with E-state index in [9.17, 15) is 14.0 Å². The summed E-state index contributed by atoms with van der Waals surface area (Å²) in [5.74, 6) is -0.219. The predicted molar refractivity (Wildman–Crippen MR) is 103 cm³/mol. The number of ketones is 2. The standard InChI is InChI=1S/C21H26FNO2S/c1-21(2,3)20(25)14-10-11-23(17(26)12-14)18(19(24)13-8-9-13)15-6-4-5-7-16(15)22/h4-7,13-14,18H,8-12H2,1-3H3. The summed E-state index contributed by atoms with van der Waals surface area (Å²) in [4.78, 5) is 28.0. The first kappa shape index (κ1) is 19.2. The molecule has 1 aromatic carbocycles. The summed E-state index contributed by atoms with van der Waals surface area (Å²) < 4.78 is 14.5. The maximum Gasteiger partial charge on any atom is 0.162 e. The van der Waals surface area contributed by atoms with Crippen LogP contribution in [-0.4, -0.2) is 28.0 Å². The molecular formula is C21H26FNO2S. The van der Waals surface area contributed by atoms with Crippen molar-refractivity contribution in [3.05, 3.63) is 35.6 Å². The van der Waals surface area contributed by atoms with E-state index in [-0.39, 0.29) is 29.2 Å². The SMILES string of the molecule is CC(C)(C)C(=O)C1CCN(C(C(=O)C2CC2)c2ccccc2F)C(=S)C1. The van der Waals surface area contributed by atoms with E-state index in [2.05, 4.69) is 0 Å². The van der Waals surface area contributed by atoms with Gasteiger partial charge in [0.25, 0.3) is 0 Å². The minimum Gasteiger partial charge on any atom is -0.352 e. The zero-order chi connectivity index (χ0) is 19.1. The number of nitrogens with zero attached hydrogens (tertiary/aromatic N) is 1. The summed E-state index contributed by atoms with van der Waals surface area (Å²) >= 11 is 5.59. The maximum atomic E-state index is 14.5. The summed E-state index contributed by atoms with van der Waals surface area (Å²) in [6.07, 6.45) is 2.86. The fraction of sp³-hybridized carbons (Fsp3) is 0.571. The molecule has 1 heterocycles. The predicted octanol–water partition coefficient (Wildman–Crippen LogP) is 4.50. The number of carbonyl (C=O) groups excluding carboxylic acids is 2. The highest BCUT2D eigenvalue weighted by Gasteiger charge is 2.43. The fourth-order valence-electron chi connectivity index (χ4n) is 3.72. The van der Waals surface area contributed by atoms with Crippen LogP contribution in [-0.2, 0) is 9.59 Å². The first-order chi connectivity index (χ1) is 12.2. The lowest BCUT2D eigenvalue weighted by atomic mass is 9.78. The summed E-state index contributed by atoms with van der Waals surface area (Å²) in [5, 5.41) is 0. The van der Waals surface area contributed by atoms with E-state index in [1.807, 2.05) is 25.7 Å². The van der Waals surface area contributed by atoms with Gasteiger partial charge in [-0.2, -0.15) is 0 Å². The van der Waals surface area contributed by atoms with Crippen LogP contribution in [0.25, 0.3) is 0 Å². The number of likely N-dealkylation sites (tertiary alicyclic amines) is 1. The molecule has 0 amide bonds. The summed E-state index contributed by atoms with van der Waals surface area (Å²) in [7, 11) is 0. The van der Waals surface area contributed by atoms with E-state index in [1.165, 1.54) is 6.07 Å². The molecule has 2 fully saturated rings. The zero-order valence-electron chi connectivity index (χ0n) is 15.6. The average Bonchev–Trinajstić information content (AvgIpc) is 3.41.